The first kappa shape index (κ1) is 11.7. The molecule has 0 bridgehead atoms. The quantitative estimate of drug-likeness (QED) is 0.861. The van der Waals surface area contributed by atoms with E-state index < -0.39 is 0 Å². The number of nitrogens with zero attached hydrogens (tertiary/aromatic N) is 1. The van der Waals surface area contributed by atoms with E-state index in [2.05, 4.69) is 4.98 Å². The Morgan fingerprint density at radius 3 is 2.59 bits per heavy atom. The number of hydrogen-bond donors (Lipinski definition) is 1. The fraction of sp³-hybridized carbons (Fsp3) is 0.214. The zero-order valence-corrected chi connectivity index (χ0v) is 9.94. The lowest BCUT2D eigenvalue weighted by Crippen LogP contribution is -2.14. The number of benzene rings is 1. The normalized spacial score (nSPS) is 12.5. The van der Waals surface area contributed by atoms with Gasteiger partial charge in [-0.3, -0.25) is 4.98 Å². The lowest BCUT2D eigenvalue weighted by atomic mass is 9.98. The molecule has 88 valence electrons. The molecule has 1 aromatic carbocycles. The number of rotatable bonds is 2. The predicted octanol–water partition coefficient (Wildman–Crippen LogP) is 2.89. The molecule has 0 aliphatic carbocycles. The van der Waals surface area contributed by atoms with Gasteiger partial charge >= 0.3 is 0 Å². The van der Waals surface area contributed by atoms with E-state index in [0.29, 0.717) is 0 Å². The van der Waals surface area contributed by atoms with Crippen molar-refractivity contribution in [2.45, 2.75) is 19.9 Å². The minimum Gasteiger partial charge on any atom is -0.320 e. The van der Waals surface area contributed by atoms with Crippen molar-refractivity contribution in [1.82, 2.24) is 4.98 Å². The molecule has 0 aliphatic rings. The minimum absolute atomic E-state index is 0.268. The Morgan fingerprint density at radius 2 is 1.94 bits per heavy atom. The second kappa shape index (κ2) is 4.63. The van der Waals surface area contributed by atoms with Crippen molar-refractivity contribution in [3.63, 3.8) is 0 Å². The molecule has 1 aromatic heterocycles. The molecule has 0 fully saturated rings. The van der Waals surface area contributed by atoms with E-state index in [1.54, 1.807) is 6.07 Å². The van der Waals surface area contributed by atoms with Crippen LogP contribution in [0.25, 0.3) is 0 Å². The van der Waals surface area contributed by atoms with Gasteiger partial charge in [-0.05, 0) is 43.2 Å². The Bertz CT molecular complexity index is 537. The summed E-state index contributed by atoms with van der Waals surface area (Å²) in [4.78, 5) is 4.37. The van der Waals surface area contributed by atoms with E-state index in [1.807, 2.05) is 32.0 Å². The van der Waals surface area contributed by atoms with Crippen LogP contribution in [0.15, 0.2) is 36.4 Å². The average molecular weight is 230 g/mol. The fourth-order valence-electron chi connectivity index (χ4n) is 1.91. The van der Waals surface area contributed by atoms with Crippen molar-refractivity contribution in [2.75, 3.05) is 0 Å². The Kier molecular flexibility index (Phi) is 3.20. The second-order valence-corrected chi connectivity index (χ2v) is 4.16. The van der Waals surface area contributed by atoms with Gasteiger partial charge in [0.2, 0.25) is 0 Å². The molecule has 1 unspecified atom stereocenters. The summed E-state index contributed by atoms with van der Waals surface area (Å²) in [5, 5.41) is 0. The number of aromatic nitrogens is 1. The standard InChI is InChI=1S/C14H15FN2/c1-9-6-7-13(10(2)17-9)14(16)11-4-3-5-12(15)8-11/h3-8,14H,16H2,1-2H3. The first-order valence-electron chi connectivity index (χ1n) is 5.53. The summed E-state index contributed by atoms with van der Waals surface area (Å²) in [6.45, 7) is 3.85. The Labute approximate surface area is 100 Å². The van der Waals surface area contributed by atoms with Crippen molar-refractivity contribution < 1.29 is 4.39 Å². The maximum Gasteiger partial charge on any atom is 0.123 e. The Balaban J connectivity index is 2.40. The molecule has 2 rings (SSSR count). The van der Waals surface area contributed by atoms with Crippen LogP contribution in [-0.2, 0) is 0 Å². The van der Waals surface area contributed by atoms with E-state index in [1.165, 1.54) is 12.1 Å². The third kappa shape index (κ3) is 2.50. The largest absolute Gasteiger partial charge is 0.320 e. The first-order valence-corrected chi connectivity index (χ1v) is 5.53. The molecule has 2 N–H and O–H groups in total. The molecule has 0 amide bonds. The molecule has 0 aliphatic heterocycles. The van der Waals surface area contributed by atoms with Gasteiger partial charge in [-0.15, -0.1) is 0 Å². The SMILES string of the molecule is Cc1ccc(C(N)c2cccc(F)c2)c(C)n1. The average Bonchev–Trinajstić information content (AvgIpc) is 2.28. The van der Waals surface area contributed by atoms with Crippen LogP contribution in [0.3, 0.4) is 0 Å². The number of pyridine rings is 1. The van der Waals surface area contributed by atoms with Crippen molar-refractivity contribution in [3.05, 3.63) is 64.7 Å². The zero-order valence-electron chi connectivity index (χ0n) is 9.94. The molecular formula is C14H15FN2. The molecule has 0 radical (unpaired) electrons. The summed E-state index contributed by atoms with van der Waals surface area (Å²) >= 11 is 0. The molecule has 17 heavy (non-hydrogen) atoms. The van der Waals surface area contributed by atoms with Gasteiger partial charge in [-0.2, -0.15) is 0 Å². The van der Waals surface area contributed by atoms with Crippen LogP contribution in [0.2, 0.25) is 0 Å². The van der Waals surface area contributed by atoms with E-state index in [-0.39, 0.29) is 11.9 Å². The zero-order chi connectivity index (χ0) is 12.4. The monoisotopic (exact) mass is 230 g/mol. The summed E-state index contributed by atoms with van der Waals surface area (Å²) in [5.74, 6) is -0.268. The Hall–Kier alpha value is -1.74. The summed E-state index contributed by atoms with van der Waals surface area (Å²) in [6, 6.07) is 9.91. The molecule has 3 heteroatoms. The van der Waals surface area contributed by atoms with Crippen LogP contribution in [0.1, 0.15) is 28.6 Å². The Morgan fingerprint density at radius 1 is 1.18 bits per heavy atom. The molecule has 0 spiro atoms. The van der Waals surface area contributed by atoms with Gasteiger partial charge in [0.05, 0.1) is 6.04 Å². The highest BCUT2D eigenvalue weighted by Gasteiger charge is 2.12. The number of hydrogen-bond acceptors (Lipinski definition) is 2. The van der Waals surface area contributed by atoms with Gasteiger partial charge in [-0.25, -0.2) is 4.39 Å². The summed E-state index contributed by atoms with van der Waals surface area (Å²) in [7, 11) is 0. The maximum absolute atomic E-state index is 13.1. The van der Waals surface area contributed by atoms with Crippen LogP contribution >= 0.6 is 0 Å². The van der Waals surface area contributed by atoms with Crippen molar-refractivity contribution in [2.24, 2.45) is 5.73 Å². The summed E-state index contributed by atoms with van der Waals surface area (Å²) < 4.78 is 13.1. The molecule has 0 saturated heterocycles. The van der Waals surface area contributed by atoms with E-state index in [4.69, 9.17) is 5.73 Å². The van der Waals surface area contributed by atoms with Crippen molar-refractivity contribution >= 4 is 0 Å². The summed E-state index contributed by atoms with van der Waals surface area (Å²) in [6.07, 6.45) is 0. The second-order valence-electron chi connectivity index (χ2n) is 4.16. The third-order valence-corrected chi connectivity index (χ3v) is 2.81. The highest BCUT2D eigenvalue weighted by molar-refractivity contribution is 5.34. The summed E-state index contributed by atoms with van der Waals surface area (Å²) in [5.41, 5.74) is 9.67. The first-order chi connectivity index (χ1) is 8.08. The van der Waals surface area contributed by atoms with E-state index >= 15 is 0 Å². The lowest BCUT2D eigenvalue weighted by molar-refractivity contribution is 0.623. The maximum atomic E-state index is 13.1. The van der Waals surface area contributed by atoms with Gasteiger partial charge in [0.1, 0.15) is 5.82 Å². The highest BCUT2D eigenvalue weighted by Crippen LogP contribution is 2.22. The van der Waals surface area contributed by atoms with Gasteiger partial charge in [0.15, 0.2) is 0 Å². The van der Waals surface area contributed by atoms with Crippen LogP contribution in [-0.4, -0.2) is 4.98 Å². The van der Waals surface area contributed by atoms with Gasteiger partial charge in [-0.1, -0.05) is 18.2 Å². The lowest BCUT2D eigenvalue weighted by Gasteiger charge is -2.15. The third-order valence-electron chi connectivity index (χ3n) is 2.81. The molecule has 2 nitrogen and oxygen atoms in total. The molecule has 1 heterocycles. The molecule has 1 atom stereocenters. The highest BCUT2D eigenvalue weighted by atomic mass is 19.1. The molecule has 2 aromatic rings. The van der Waals surface area contributed by atoms with Crippen LogP contribution < -0.4 is 5.73 Å². The fourth-order valence-corrected chi connectivity index (χ4v) is 1.91. The van der Waals surface area contributed by atoms with Crippen LogP contribution in [0, 0.1) is 19.7 Å². The molecule has 0 saturated carbocycles. The smallest absolute Gasteiger partial charge is 0.123 e. The predicted molar refractivity (Wildman–Crippen MR) is 66.1 cm³/mol. The van der Waals surface area contributed by atoms with E-state index in [9.17, 15) is 4.39 Å². The van der Waals surface area contributed by atoms with Gasteiger partial charge < -0.3 is 5.73 Å². The minimum atomic E-state index is -0.334. The molecular weight excluding hydrogens is 215 g/mol. The van der Waals surface area contributed by atoms with Gasteiger partial charge in [0.25, 0.3) is 0 Å². The van der Waals surface area contributed by atoms with Crippen LogP contribution in [0.5, 0.6) is 0 Å². The van der Waals surface area contributed by atoms with Gasteiger partial charge in [0, 0.05) is 11.4 Å². The van der Waals surface area contributed by atoms with Crippen LogP contribution in [0.4, 0.5) is 4.39 Å². The number of aryl methyl sites for hydroxylation is 2. The van der Waals surface area contributed by atoms with Crippen molar-refractivity contribution in [3.8, 4) is 0 Å². The number of nitrogens with two attached hydrogens (primary N) is 1. The topological polar surface area (TPSA) is 38.9 Å². The van der Waals surface area contributed by atoms with Crippen molar-refractivity contribution in [1.29, 1.82) is 0 Å². The number of halogens is 1. The van der Waals surface area contributed by atoms with E-state index in [0.717, 1.165) is 22.5 Å².